The number of aliphatic hydroxyl groups excluding tert-OH is 1. The Kier molecular flexibility index (Phi) is 6.37. The van der Waals surface area contributed by atoms with Crippen LogP contribution in [0.2, 0.25) is 0 Å². The molecule has 33 heavy (non-hydrogen) atoms. The standard InChI is InChI=1S/C25H23N3O5/c1-15-23-21(16(14-29)13-26-15)12-22(25(33-23)28-17-7-5-4-6-8-17)24(30)27-18-9-19(31-2)11-20(10-18)32-3/h4-13,29H,14H2,1-3H3,(H,27,30). The van der Waals surface area contributed by atoms with Crippen molar-refractivity contribution in [2.45, 2.75) is 13.5 Å². The van der Waals surface area contributed by atoms with Gasteiger partial charge in [-0.05, 0) is 25.1 Å². The number of methoxy groups -OCH3 is 2. The molecule has 8 heteroatoms. The average molecular weight is 445 g/mol. The molecule has 2 heterocycles. The van der Waals surface area contributed by atoms with Gasteiger partial charge in [-0.1, -0.05) is 18.2 Å². The summed E-state index contributed by atoms with van der Waals surface area (Å²) in [6.45, 7) is 1.55. The summed E-state index contributed by atoms with van der Waals surface area (Å²) in [5.74, 6) is 0.626. The Bertz CT molecular complexity index is 1360. The molecule has 0 aliphatic carbocycles. The number of aromatic nitrogens is 1. The number of nitrogens with zero attached hydrogens (tertiary/aromatic N) is 2. The topological polar surface area (TPSA) is 106 Å². The molecule has 1 amide bonds. The van der Waals surface area contributed by atoms with E-state index in [9.17, 15) is 9.90 Å². The van der Waals surface area contributed by atoms with E-state index >= 15 is 0 Å². The molecule has 0 spiro atoms. The summed E-state index contributed by atoms with van der Waals surface area (Å²) < 4.78 is 16.6. The lowest BCUT2D eigenvalue weighted by molar-refractivity contribution is 0.102. The Labute approximate surface area is 190 Å². The van der Waals surface area contributed by atoms with Crippen LogP contribution in [0.25, 0.3) is 11.0 Å². The van der Waals surface area contributed by atoms with Gasteiger partial charge in [0.05, 0.1) is 32.2 Å². The molecule has 4 aromatic rings. The number of fused-ring (bicyclic) bond motifs is 1. The fraction of sp³-hybridized carbons (Fsp3) is 0.160. The molecule has 2 aromatic carbocycles. The number of carbonyl (C=O) groups is 1. The van der Waals surface area contributed by atoms with E-state index in [2.05, 4.69) is 15.3 Å². The average Bonchev–Trinajstić information content (AvgIpc) is 2.84. The van der Waals surface area contributed by atoms with Gasteiger partial charge in [-0.2, -0.15) is 0 Å². The second kappa shape index (κ2) is 9.54. The minimum Gasteiger partial charge on any atom is -0.497 e. The smallest absolute Gasteiger partial charge is 0.261 e. The Morgan fingerprint density at radius 2 is 1.79 bits per heavy atom. The number of hydrogen-bond donors (Lipinski definition) is 2. The van der Waals surface area contributed by atoms with Crippen LogP contribution >= 0.6 is 0 Å². The molecule has 0 aliphatic heterocycles. The van der Waals surface area contributed by atoms with Gasteiger partial charge in [0.25, 0.3) is 5.91 Å². The maximum Gasteiger partial charge on any atom is 0.261 e. The summed E-state index contributed by atoms with van der Waals surface area (Å²) in [5.41, 5.74) is 3.06. The van der Waals surface area contributed by atoms with Gasteiger partial charge in [-0.15, -0.1) is 0 Å². The Morgan fingerprint density at radius 3 is 2.42 bits per heavy atom. The van der Waals surface area contributed by atoms with Crippen molar-refractivity contribution >= 4 is 28.3 Å². The van der Waals surface area contributed by atoms with Gasteiger partial charge in [0.2, 0.25) is 5.55 Å². The van der Waals surface area contributed by atoms with E-state index in [4.69, 9.17) is 13.9 Å². The molecule has 2 N–H and O–H groups in total. The first-order chi connectivity index (χ1) is 16.0. The quantitative estimate of drug-likeness (QED) is 0.462. The van der Waals surface area contributed by atoms with E-state index in [1.165, 1.54) is 14.2 Å². The molecule has 0 saturated heterocycles. The van der Waals surface area contributed by atoms with Crippen molar-refractivity contribution in [3.8, 4) is 11.5 Å². The van der Waals surface area contributed by atoms with Gasteiger partial charge < -0.3 is 24.3 Å². The predicted octanol–water partition coefficient (Wildman–Crippen LogP) is 4.13. The minimum absolute atomic E-state index is 0.126. The summed E-state index contributed by atoms with van der Waals surface area (Å²) in [4.78, 5) is 22.2. The molecule has 0 unspecified atom stereocenters. The first-order valence-electron chi connectivity index (χ1n) is 10.2. The van der Waals surface area contributed by atoms with Crippen molar-refractivity contribution < 1.29 is 23.8 Å². The molecule has 0 saturated carbocycles. The number of carbonyl (C=O) groups excluding carboxylic acids is 1. The van der Waals surface area contributed by atoms with Gasteiger partial charge in [-0.3, -0.25) is 9.78 Å². The monoisotopic (exact) mass is 445 g/mol. The highest BCUT2D eigenvalue weighted by molar-refractivity contribution is 6.05. The fourth-order valence-corrected chi connectivity index (χ4v) is 3.36. The summed E-state index contributed by atoms with van der Waals surface area (Å²) in [7, 11) is 3.07. The number of amides is 1. The van der Waals surface area contributed by atoms with Crippen LogP contribution in [0.3, 0.4) is 0 Å². The third-order valence-corrected chi connectivity index (χ3v) is 5.06. The van der Waals surface area contributed by atoms with Crippen molar-refractivity contribution in [2.75, 3.05) is 19.5 Å². The van der Waals surface area contributed by atoms with Crippen LogP contribution in [-0.2, 0) is 6.61 Å². The molecule has 0 radical (unpaired) electrons. The molecule has 0 fully saturated rings. The molecule has 0 aliphatic rings. The second-order valence-electron chi connectivity index (χ2n) is 7.24. The first-order valence-corrected chi connectivity index (χ1v) is 10.2. The maximum atomic E-state index is 13.4. The van der Waals surface area contributed by atoms with Crippen LogP contribution in [0, 0.1) is 6.92 Å². The van der Waals surface area contributed by atoms with Crippen molar-refractivity contribution in [1.82, 2.24) is 4.98 Å². The van der Waals surface area contributed by atoms with Gasteiger partial charge in [0, 0.05) is 41.0 Å². The fourth-order valence-electron chi connectivity index (χ4n) is 3.36. The summed E-state index contributed by atoms with van der Waals surface area (Å²) >= 11 is 0. The van der Waals surface area contributed by atoms with Crippen LogP contribution in [0.5, 0.6) is 11.5 Å². The van der Waals surface area contributed by atoms with Crippen molar-refractivity contribution in [3.63, 3.8) is 0 Å². The predicted molar refractivity (Wildman–Crippen MR) is 124 cm³/mol. The Hall–Kier alpha value is -4.17. The van der Waals surface area contributed by atoms with Crippen molar-refractivity contribution in [2.24, 2.45) is 4.99 Å². The third kappa shape index (κ3) is 4.70. The number of ether oxygens (including phenoxy) is 2. The van der Waals surface area contributed by atoms with Crippen LogP contribution in [0.1, 0.15) is 21.6 Å². The van der Waals surface area contributed by atoms with Crippen LogP contribution < -0.4 is 20.3 Å². The van der Waals surface area contributed by atoms with Crippen LogP contribution in [0.15, 0.2) is 70.2 Å². The van der Waals surface area contributed by atoms with Gasteiger partial charge in [0.1, 0.15) is 17.1 Å². The molecule has 168 valence electrons. The van der Waals surface area contributed by atoms with E-state index in [-0.39, 0.29) is 17.7 Å². The van der Waals surface area contributed by atoms with E-state index in [0.29, 0.717) is 45.1 Å². The maximum absolute atomic E-state index is 13.4. The first kappa shape index (κ1) is 22.0. The Balaban J connectivity index is 1.88. The second-order valence-corrected chi connectivity index (χ2v) is 7.24. The highest BCUT2D eigenvalue weighted by atomic mass is 16.5. The Morgan fingerprint density at radius 1 is 1.09 bits per heavy atom. The molecular weight excluding hydrogens is 422 g/mol. The number of nitrogens with one attached hydrogen (secondary N) is 1. The van der Waals surface area contributed by atoms with E-state index in [0.717, 1.165) is 0 Å². The largest absolute Gasteiger partial charge is 0.497 e. The number of aryl methyl sites for hydroxylation is 1. The minimum atomic E-state index is -0.441. The molecular formula is C25H23N3O5. The third-order valence-electron chi connectivity index (χ3n) is 5.06. The zero-order valence-corrected chi connectivity index (χ0v) is 18.5. The number of benzene rings is 2. The molecule has 8 nitrogen and oxygen atoms in total. The zero-order valence-electron chi connectivity index (χ0n) is 18.5. The molecule has 0 atom stereocenters. The van der Waals surface area contributed by atoms with E-state index in [1.54, 1.807) is 37.4 Å². The molecule has 4 rings (SSSR count). The molecule has 2 aromatic heterocycles. The number of hydrogen-bond acceptors (Lipinski definition) is 7. The lowest BCUT2D eigenvalue weighted by Crippen LogP contribution is -2.22. The summed E-state index contributed by atoms with van der Waals surface area (Å²) in [6.07, 6.45) is 1.57. The zero-order chi connectivity index (χ0) is 23.4. The number of rotatable bonds is 6. The lowest BCUT2D eigenvalue weighted by atomic mass is 10.1. The van der Waals surface area contributed by atoms with E-state index in [1.807, 2.05) is 30.3 Å². The lowest BCUT2D eigenvalue weighted by Gasteiger charge is -2.11. The van der Waals surface area contributed by atoms with Gasteiger partial charge >= 0.3 is 0 Å². The summed E-state index contributed by atoms with van der Waals surface area (Å²) in [5, 5.41) is 13.2. The van der Waals surface area contributed by atoms with Crippen molar-refractivity contribution in [1.29, 1.82) is 0 Å². The molecule has 0 bridgehead atoms. The SMILES string of the molecule is COc1cc(NC(=O)c2cc3c(CO)cnc(C)c3oc2=Nc2ccccc2)cc(OC)c1. The number of aliphatic hydroxyl groups is 1. The van der Waals surface area contributed by atoms with Crippen LogP contribution in [-0.4, -0.2) is 30.2 Å². The highest BCUT2D eigenvalue weighted by Gasteiger charge is 2.17. The van der Waals surface area contributed by atoms with E-state index < -0.39 is 5.91 Å². The number of pyridine rings is 1. The highest BCUT2D eigenvalue weighted by Crippen LogP contribution is 2.27. The number of para-hydroxylation sites is 1. The summed E-state index contributed by atoms with van der Waals surface area (Å²) in [6, 6.07) is 15.9. The number of anilines is 1. The van der Waals surface area contributed by atoms with Gasteiger partial charge in [-0.25, -0.2) is 4.99 Å². The van der Waals surface area contributed by atoms with Gasteiger partial charge in [0.15, 0.2) is 5.58 Å². The normalized spacial score (nSPS) is 11.5. The van der Waals surface area contributed by atoms with Crippen LogP contribution in [0.4, 0.5) is 11.4 Å². The van der Waals surface area contributed by atoms with Crippen molar-refractivity contribution in [3.05, 3.63) is 83.2 Å².